The second kappa shape index (κ2) is 3.74. The average molecular weight is 204 g/mol. The molecule has 6 nitrogen and oxygen atoms in total. The molecule has 0 amide bonds. The van der Waals surface area contributed by atoms with Crippen LogP contribution in [-0.4, -0.2) is 24.7 Å². The van der Waals surface area contributed by atoms with Gasteiger partial charge in [-0.1, -0.05) is 0 Å². The summed E-state index contributed by atoms with van der Waals surface area (Å²) >= 11 is 0. The summed E-state index contributed by atoms with van der Waals surface area (Å²) in [5.74, 6) is 2.00. The zero-order valence-corrected chi connectivity index (χ0v) is 8.68. The second-order valence-electron chi connectivity index (χ2n) is 3.21. The predicted octanol–water partition coefficient (Wildman–Crippen LogP) is 0.133. The molecule has 0 aliphatic carbocycles. The first kappa shape index (κ1) is 9.72. The monoisotopic (exact) mass is 204 g/mol. The molecule has 0 atom stereocenters. The Morgan fingerprint density at radius 1 is 1.27 bits per heavy atom. The third-order valence-electron chi connectivity index (χ3n) is 1.99. The van der Waals surface area contributed by atoms with Gasteiger partial charge >= 0.3 is 0 Å². The van der Waals surface area contributed by atoms with Crippen LogP contribution in [0.15, 0.2) is 12.4 Å². The van der Waals surface area contributed by atoms with E-state index in [1.807, 2.05) is 13.8 Å². The highest BCUT2D eigenvalue weighted by atomic mass is 15.4. The van der Waals surface area contributed by atoms with Crippen LogP contribution >= 0.6 is 0 Å². The van der Waals surface area contributed by atoms with Gasteiger partial charge in [0.25, 0.3) is 5.95 Å². The van der Waals surface area contributed by atoms with Gasteiger partial charge < -0.3 is 5.73 Å². The number of rotatable bonds is 2. The highest BCUT2D eigenvalue weighted by Gasteiger charge is 2.06. The maximum Gasteiger partial charge on any atom is 0.252 e. The van der Waals surface area contributed by atoms with Crippen molar-refractivity contribution in [2.45, 2.75) is 20.4 Å². The van der Waals surface area contributed by atoms with Gasteiger partial charge in [0.15, 0.2) is 0 Å². The summed E-state index contributed by atoms with van der Waals surface area (Å²) in [6.45, 7) is 4.13. The number of nitrogens with zero attached hydrogens (tertiary/aromatic N) is 5. The second-order valence-corrected chi connectivity index (χ2v) is 3.21. The van der Waals surface area contributed by atoms with Crippen molar-refractivity contribution in [2.24, 2.45) is 5.73 Å². The fourth-order valence-corrected chi connectivity index (χ4v) is 1.27. The van der Waals surface area contributed by atoms with Crippen LogP contribution in [0.25, 0.3) is 5.95 Å². The molecule has 2 rings (SSSR count). The fraction of sp³-hybridized carbons (Fsp3) is 0.333. The Kier molecular flexibility index (Phi) is 2.42. The van der Waals surface area contributed by atoms with Gasteiger partial charge in [-0.25, -0.2) is 15.0 Å². The van der Waals surface area contributed by atoms with Crippen molar-refractivity contribution < 1.29 is 0 Å². The van der Waals surface area contributed by atoms with Crippen LogP contribution in [0.1, 0.15) is 17.2 Å². The predicted molar refractivity (Wildman–Crippen MR) is 54.3 cm³/mol. The van der Waals surface area contributed by atoms with Crippen LogP contribution in [-0.2, 0) is 6.54 Å². The van der Waals surface area contributed by atoms with E-state index in [0.29, 0.717) is 18.3 Å². The van der Waals surface area contributed by atoms with Gasteiger partial charge in [0.1, 0.15) is 11.6 Å². The van der Waals surface area contributed by atoms with Crippen molar-refractivity contribution in [3.05, 3.63) is 29.6 Å². The zero-order valence-electron chi connectivity index (χ0n) is 8.68. The normalized spacial score (nSPS) is 10.6. The van der Waals surface area contributed by atoms with Crippen LogP contribution in [0.5, 0.6) is 0 Å². The molecule has 2 aromatic heterocycles. The third kappa shape index (κ3) is 1.84. The summed E-state index contributed by atoms with van der Waals surface area (Å²) < 4.78 is 1.61. The molecule has 0 bridgehead atoms. The van der Waals surface area contributed by atoms with Crippen molar-refractivity contribution in [1.29, 1.82) is 0 Å². The highest BCUT2D eigenvalue weighted by molar-refractivity contribution is 5.14. The number of nitrogens with two attached hydrogens (primary N) is 1. The minimum atomic E-state index is 0.440. The molecular weight excluding hydrogens is 192 g/mol. The van der Waals surface area contributed by atoms with Gasteiger partial charge in [0.05, 0.1) is 0 Å². The number of hydrogen-bond donors (Lipinski definition) is 1. The minimum Gasteiger partial charge on any atom is -0.326 e. The van der Waals surface area contributed by atoms with Crippen molar-refractivity contribution in [2.75, 3.05) is 0 Å². The Morgan fingerprint density at radius 3 is 2.40 bits per heavy atom. The van der Waals surface area contributed by atoms with E-state index in [-0.39, 0.29) is 0 Å². The summed E-state index contributed by atoms with van der Waals surface area (Å²) in [6, 6.07) is 0. The maximum absolute atomic E-state index is 5.46. The summed E-state index contributed by atoms with van der Waals surface area (Å²) in [5, 5.41) is 4.19. The summed E-state index contributed by atoms with van der Waals surface area (Å²) in [7, 11) is 0. The molecule has 0 radical (unpaired) electrons. The molecule has 0 aliphatic heterocycles. The molecule has 15 heavy (non-hydrogen) atoms. The number of aromatic nitrogens is 5. The van der Waals surface area contributed by atoms with Crippen LogP contribution < -0.4 is 5.73 Å². The Hall–Kier alpha value is -1.82. The van der Waals surface area contributed by atoms with Gasteiger partial charge in [0.2, 0.25) is 0 Å². The van der Waals surface area contributed by atoms with Crippen LogP contribution in [0.2, 0.25) is 0 Å². The van der Waals surface area contributed by atoms with E-state index in [9.17, 15) is 0 Å². The Balaban J connectivity index is 2.41. The van der Waals surface area contributed by atoms with Gasteiger partial charge in [0, 0.05) is 24.5 Å². The highest BCUT2D eigenvalue weighted by Crippen LogP contribution is 2.03. The van der Waals surface area contributed by atoms with Crippen molar-refractivity contribution in [1.82, 2.24) is 24.7 Å². The van der Waals surface area contributed by atoms with E-state index in [2.05, 4.69) is 20.1 Å². The van der Waals surface area contributed by atoms with Gasteiger partial charge in [-0.15, -0.1) is 5.10 Å². The third-order valence-corrected chi connectivity index (χ3v) is 1.99. The lowest BCUT2D eigenvalue weighted by atomic mass is 10.3. The molecule has 0 fully saturated rings. The van der Waals surface area contributed by atoms with Crippen molar-refractivity contribution in [3.63, 3.8) is 0 Å². The Bertz CT molecular complexity index is 458. The number of hydrogen-bond acceptors (Lipinski definition) is 5. The molecule has 0 aliphatic rings. The van der Waals surface area contributed by atoms with E-state index in [4.69, 9.17) is 5.73 Å². The standard InChI is InChI=1S/C9H12N6/c1-6-13-7(2)15(14-6)9-11-4-8(3-10)5-12-9/h4-5H,3,10H2,1-2H3. The lowest BCUT2D eigenvalue weighted by Crippen LogP contribution is -2.06. The zero-order chi connectivity index (χ0) is 10.8. The first-order valence-corrected chi connectivity index (χ1v) is 4.62. The molecule has 2 N–H and O–H groups in total. The molecular formula is C9H12N6. The molecule has 2 aromatic rings. The van der Waals surface area contributed by atoms with E-state index in [1.54, 1.807) is 17.1 Å². The Labute approximate surface area is 87.2 Å². The molecule has 6 heteroatoms. The first-order chi connectivity index (χ1) is 7.20. The van der Waals surface area contributed by atoms with Crippen molar-refractivity contribution >= 4 is 0 Å². The lowest BCUT2D eigenvalue weighted by Gasteiger charge is -2.01. The Morgan fingerprint density at radius 2 is 1.93 bits per heavy atom. The van der Waals surface area contributed by atoms with E-state index < -0.39 is 0 Å². The topological polar surface area (TPSA) is 82.5 Å². The maximum atomic E-state index is 5.46. The van der Waals surface area contributed by atoms with E-state index in [0.717, 1.165) is 11.4 Å². The van der Waals surface area contributed by atoms with Crippen LogP contribution in [0, 0.1) is 13.8 Å². The van der Waals surface area contributed by atoms with Gasteiger partial charge in [-0.2, -0.15) is 4.68 Å². The first-order valence-electron chi connectivity index (χ1n) is 4.62. The van der Waals surface area contributed by atoms with Crippen molar-refractivity contribution in [3.8, 4) is 5.95 Å². The lowest BCUT2D eigenvalue weighted by molar-refractivity contribution is 0.766. The molecule has 0 aromatic carbocycles. The van der Waals surface area contributed by atoms with Gasteiger partial charge in [-0.3, -0.25) is 0 Å². The summed E-state index contributed by atoms with van der Waals surface area (Å²) in [4.78, 5) is 12.5. The van der Waals surface area contributed by atoms with Gasteiger partial charge in [-0.05, 0) is 13.8 Å². The minimum absolute atomic E-state index is 0.440. The van der Waals surface area contributed by atoms with Crippen LogP contribution in [0.3, 0.4) is 0 Å². The molecule has 0 spiro atoms. The largest absolute Gasteiger partial charge is 0.326 e. The molecule has 78 valence electrons. The summed E-state index contributed by atoms with van der Waals surface area (Å²) in [5.41, 5.74) is 6.35. The smallest absolute Gasteiger partial charge is 0.252 e. The van der Waals surface area contributed by atoms with Crippen LogP contribution in [0.4, 0.5) is 0 Å². The number of aryl methyl sites for hydroxylation is 2. The summed E-state index contributed by atoms with van der Waals surface area (Å²) in [6.07, 6.45) is 3.39. The quantitative estimate of drug-likeness (QED) is 0.752. The molecule has 2 heterocycles. The molecule has 0 saturated carbocycles. The molecule has 0 unspecified atom stereocenters. The molecule has 0 saturated heterocycles. The fourth-order valence-electron chi connectivity index (χ4n) is 1.27. The van der Waals surface area contributed by atoms with E-state index >= 15 is 0 Å². The SMILES string of the molecule is Cc1nc(C)n(-c2ncc(CN)cn2)n1. The average Bonchev–Trinajstić information content (AvgIpc) is 2.58. The van der Waals surface area contributed by atoms with E-state index in [1.165, 1.54) is 0 Å².